The third kappa shape index (κ3) is 1.83. The SMILES string of the molecule is O=C1Oc2ccc(O)c(c2O)OC(=O)c2ccc1cc2. The van der Waals surface area contributed by atoms with Gasteiger partial charge in [0.15, 0.2) is 11.5 Å². The van der Waals surface area contributed by atoms with E-state index in [-0.39, 0.29) is 16.9 Å². The molecule has 0 aromatic heterocycles. The number of esters is 2. The van der Waals surface area contributed by atoms with Gasteiger partial charge in [-0.1, -0.05) is 0 Å². The topological polar surface area (TPSA) is 93.1 Å². The van der Waals surface area contributed by atoms with Gasteiger partial charge in [-0.25, -0.2) is 9.59 Å². The van der Waals surface area contributed by atoms with E-state index in [9.17, 15) is 19.8 Å². The van der Waals surface area contributed by atoms with E-state index in [2.05, 4.69) is 0 Å². The fraction of sp³-hybridized carbons (Fsp3) is 0. The van der Waals surface area contributed by atoms with Gasteiger partial charge in [0.05, 0.1) is 11.1 Å². The first-order valence-corrected chi connectivity index (χ1v) is 5.65. The van der Waals surface area contributed by atoms with Crippen molar-refractivity contribution >= 4 is 11.9 Å². The molecule has 2 aromatic rings. The van der Waals surface area contributed by atoms with Crippen LogP contribution in [0.4, 0.5) is 0 Å². The highest BCUT2D eigenvalue weighted by Crippen LogP contribution is 2.43. The molecule has 6 nitrogen and oxygen atoms in total. The van der Waals surface area contributed by atoms with Crippen molar-refractivity contribution in [2.75, 3.05) is 0 Å². The summed E-state index contributed by atoms with van der Waals surface area (Å²) < 4.78 is 9.93. The Hall–Kier alpha value is -3.02. The molecule has 0 aliphatic carbocycles. The molecule has 4 rings (SSSR count). The fourth-order valence-corrected chi connectivity index (χ4v) is 1.78. The smallest absolute Gasteiger partial charge is 0.343 e. The highest BCUT2D eigenvalue weighted by Gasteiger charge is 2.23. The molecule has 0 saturated heterocycles. The molecule has 4 bridgehead atoms. The van der Waals surface area contributed by atoms with Crippen molar-refractivity contribution in [2.24, 2.45) is 0 Å². The van der Waals surface area contributed by atoms with Crippen molar-refractivity contribution in [3.63, 3.8) is 0 Å². The molecule has 100 valence electrons. The van der Waals surface area contributed by atoms with E-state index >= 15 is 0 Å². The monoisotopic (exact) mass is 272 g/mol. The number of carbonyl (C=O) groups is 2. The molecular formula is C14H8O6. The lowest BCUT2D eigenvalue weighted by Gasteiger charge is -2.10. The van der Waals surface area contributed by atoms with E-state index in [1.54, 1.807) is 0 Å². The van der Waals surface area contributed by atoms with E-state index < -0.39 is 29.2 Å². The summed E-state index contributed by atoms with van der Waals surface area (Å²) >= 11 is 0. The molecule has 0 saturated carbocycles. The summed E-state index contributed by atoms with van der Waals surface area (Å²) in [6, 6.07) is 7.95. The highest BCUT2D eigenvalue weighted by atomic mass is 16.6. The standard InChI is InChI=1S/C14H8O6/c15-9-5-6-10-11(16)12(9)20-14(18)8-3-1-7(2-4-8)13(17)19-10/h1-6,15-16H. The van der Waals surface area contributed by atoms with Gasteiger partial charge in [0.1, 0.15) is 0 Å². The van der Waals surface area contributed by atoms with Crippen LogP contribution in [0.2, 0.25) is 0 Å². The summed E-state index contributed by atoms with van der Waals surface area (Å²) in [6.07, 6.45) is 0. The van der Waals surface area contributed by atoms with Crippen LogP contribution in [0.3, 0.4) is 0 Å². The first-order chi connectivity index (χ1) is 9.56. The number of rotatable bonds is 0. The van der Waals surface area contributed by atoms with Gasteiger partial charge in [-0.2, -0.15) is 0 Å². The van der Waals surface area contributed by atoms with E-state index in [0.717, 1.165) is 6.07 Å². The summed E-state index contributed by atoms with van der Waals surface area (Å²) in [5.41, 5.74) is 0.394. The van der Waals surface area contributed by atoms with Crippen molar-refractivity contribution in [3.8, 4) is 23.0 Å². The third-order valence-corrected chi connectivity index (χ3v) is 2.83. The fourth-order valence-electron chi connectivity index (χ4n) is 1.78. The number of aromatic hydroxyl groups is 2. The van der Waals surface area contributed by atoms with Crippen molar-refractivity contribution < 1.29 is 29.3 Å². The van der Waals surface area contributed by atoms with Gasteiger partial charge in [-0.15, -0.1) is 0 Å². The molecular weight excluding hydrogens is 264 g/mol. The number of benzene rings is 2. The molecule has 0 unspecified atom stereocenters. The maximum atomic E-state index is 11.9. The number of fused-ring (bicyclic) bond motifs is 4. The normalized spacial score (nSPS) is 13.4. The van der Waals surface area contributed by atoms with Gasteiger partial charge < -0.3 is 19.7 Å². The summed E-state index contributed by atoms with van der Waals surface area (Å²) in [5, 5.41) is 19.5. The van der Waals surface area contributed by atoms with Crippen LogP contribution in [0.5, 0.6) is 23.0 Å². The predicted octanol–water partition coefficient (Wildman–Crippen LogP) is 1.85. The lowest BCUT2D eigenvalue weighted by molar-refractivity contribution is 0.0722. The van der Waals surface area contributed by atoms with Gasteiger partial charge in [0, 0.05) is 0 Å². The molecule has 2 heterocycles. The molecule has 2 aromatic carbocycles. The molecule has 0 atom stereocenters. The minimum atomic E-state index is -0.770. The van der Waals surface area contributed by atoms with Gasteiger partial charge in [-0.05, 0) is 36.4 Å². The van der Waals surface area contributed by atoms with E-state index in [1.165, 1.54) is 30.3 Å². The van der Waals surface area contributed by atoms with Crippen LogP contribution in [-0.2, 0) is 0 Å². The van der Waals surface area contributed by atoms with Crippen LogP contribution in [0, 0.1) is 0 Å². The summed E-state index contributed by atoms with van der Waals surface area (Å²) in [4.78, 5) is 23.7. The number of hydrogen-bond donors (Lipinski definition) is 2. The van der Waals surface area contributed by atoms with Crippen LogP contribution < -0.4 is 9.47 Å². The zero-order chi connectivity index (χ0) is 14.3. The van der Waals surface area contributed by atoms with Crippen LogP contribution >= 0.6 is 0 Å². The minimum Gasteiger partial charge on any atom is -0.504 e. The Balaban J connectivity index is 2.22. The molecule has 2 aliphatic heterocycles. The zero-order valence-electron chi connectivity index (χ0n) is 9.99. The van der Waals surface area contributed by atoms with Crippen molar-refractivity contribution in [1.82, 2.24) is 0 Å². The second-order valence-electron chi connectivity index (χ2n) is 4.12. The molecule has 2 aliphatic rings. The first-order valence-electron chi connectivity index (χ1n) is 5.65. The largest absolute Gasteiger partial charge is 0.504 e. The Morgan fingerprint density at radius 2 is 1.30 bits per heavy atom. The van der Waals surface area contributed by atoms with Crippen molar-refractivity contribution in [1.29, 1.82) is 0 Å². The van der Waals surface area contributed by atoms with Crippen LogP contribution in [0.15, 0.2) is 36.4 Å². The van der Waals surface area contributed by atoms with Gasteiger partial charge in [0.25, 0.3) is 0 Å². The highest BCUT2D eigenvalue weighted by molar-refractivity contribution is 5.96. The molecule has 0 radical (unpaired) electrons. The maximum absolute atomic E-state index is 11.9. The number of carbonyl (C=O) groups excluding carboxylic acids is 2. The van der Waals surface area contributed by atoms with E-state index in [1.807, 2.05) is 0 Å². The van der Waals surface area contributed by atoms with Crippen LogP contribution in [0.1, 0.15) is 20.7 Å². The van der Waals surface area contributed by atoms with Crippen LogP contribution in [-0.4, -0.2) is 22.2 Å². The van der Waals surface area contributed by atoms with Crippen molar-refractivity contribution in [2.45, 2.75) is 0 Å². The van der Waals surface area contributed by atoms with Gasteiger partial charge in [0.2, 0.25) is 11.5 Å². The Labute approximate surface area is 112 Å². The average molecular weight is 272 g/mol. The predicted molar refractivity (Wildman–Crippen MR) is 66.1 cm³/mol. The Morgan fingerprint density at radius 3 is 1.90 bits per heavy atom. The summed E-state index contributed by atoms with van der Waals surface area (Å²) in [5.74, 6) is -3.18. The molecule has 6 heteroatoms. The maximum Gasteiger partial charge on any atom is 0.343 e. The Bertz CT molecular complexity index is 717. The lowest BCUT2D eigenvalue weighted by Crippen LogP contribution is -2.09. The summed E-state index contributed by atoms with van der Waals surface area (Å²) in [7, 11) is 0. The zero-order valence-corrected chi connectivity index (χ0v) is 9.99. The second kappa shape index (κ2) is 4.27. The average Bonchev–Trinajstić information content (AvgIpc) is 2.47. The Morgan fingerprint density at radius 1 is 0.750 bits per heavy atom. The summed E-state index contributed by atoms with van der Waals surface area (Å²) in [6.45, 7) is 0. The van der Waals surface area contributed by atoms with Gasteiger partial charge in [-0.3, -0.25) is 0 Å². The molecule has 20 heavy (non-hydrogen) atoms. The molecule has 0 amide bonds. The minimum absolute atomic E-state index is 0.174. The van der Waals surface area contributed by atoms with Gasteiger partial charge >= 0.3 is 11.9 Å². The second-order valence-corrected chi connectivity index (χ2v) is 4.12. The Kier molecular flexibility index (Phi) is 2.57. The quantitative estimate of drug-likeness (QED) is 0.561. The molecule has 0 fully saturated rings. The van der Waals surface area contributed by atoms with Crippen LogP contribution in [0.25, 0.3) is 0 Å². The first kappa shape index (κ1) is 12.0. The molecule has 2 N–H and O–H groups in total. The third-order valence-electron chi connectivity index (χ3n) is 2.83. The van der Waals surface area contributed by atoms with Crippen molar-refractivity contribution in [3.05, 3.63) is 47.5 Å². The van der Waals surface area contributed by atoms with E-state index in [0.29, 0.717) is 0 Å². The van der Waals surface area contributed by atoms with E-state index in [4.69, 9.17) is 9.47 Å². The lowest BCUT2D eigenvalue weighted by atomic mass is 10.1. The molecule has 0 spiro atoms. The number of phenols is 2. The number of phenolic OH excluding ortho intramolecular Hbond substituents is 2. The number of hydrogen-bond acceptors (Lipinski definition) is 6. The number of ether oxygens (including phenoxy) is 2.